The number of amides is 1. The van der Waals surface area contributed by atoms with Crippen molar-refractivity contribution >= 4 is 20.2 Å². The number of hydrogen-bond donors (Lipinski definition) is 1. The Morgan fingerprint density at radius 2 is 2.06 bits per heavy atom. The fourth-order valence-corrected chi connectivity index (χ4v) is 2.96. The minimum absolute atomic E-state index is 0.0491. The third-order valence-electron chi connectivity index (χ3n) is 3.82. The SMILES string of the molecule is CC(C)(C)[Si](C)(C)OC1CCN(CC(=O)O)C1=O. The Hall–Kier alpha value is -0.883. The van der Waals surface area contributed by atoms with Crippen LogP contribution >= 0.6 is 0 Å². The average molecular weight is 273 g/mol. The van der Waals surface area contributed by atoms with Crippen LogP contribution in [0.5, 0.6) is 0 Å². The van der Waals surface area contributed by atoms with Crippen molar-refractivity contribution in [1.82, 2.24) is 4.90 Å². The molecule has 1 rings (SSSR count). The molecule has 0 saturated carbocycles. The van der Waals surface area contributed by atoms with Crippen molar-refractivity contribution < 1.29 is 19.1 Å². The Kier molecular flexibility index (Phi) is 4.22. The van der Waals surface area contributed by atoms with Crippen molar-refractivity contribution in [3.63, 3.8) is 0 Å². The number of carboxylic acid groups (broad SMARTS) is 1. The summed E-state index contributed by atoms with van der Waals surface area (Å²) in [6, 6.07) is 0. The zero-order valence-corrected chi connectivity index (χ0v) is 12.8. The molecule has 0 aromatic rings. The lowest BCUT2D eigenvalue weighted by atomic mass is 10.2. The van der Waals surface area contributed by atoms with E-state index in [1.54, 1.807) is 0 Å². The standard InChI is InChI=1S/C12H23NO4Si/c1-12(2,3)18(4,5)17-9-6-7-13(11(9)16)8-10(14)15/h9H,6-8H2,1-5H3,(H,14,15). The lowest BCUT2D eigenvalue weighted by Crippen LogP contribution is -2.46. The third-order valence-corrected chi connectivity index (χ3v) is 8.30. The summed E-state index contributed by atoms with van der Waals surface area (Å²) in [5.74, 6) is -1.15. The van der Waals surface area contributed by atoms with Crippen LogP contribution in [0.4, 0.5) is 0 Å². The molecule has 5 nitrogen and oxygen atoms in total. The molecule has 1 atom stereocenters. The number of aliphatic carboxylic acids is 1. The summed E-state index contributed by atoms with van der Waals surface area (Å²) >= 11 is 0. The van der Waals surface area contributed by atoms with Crippen LogP contribution in [0.1, 0.15) is 27.2 Å². The molecule has 1 fully saturated rings. The van der Waals surface area contributed by atoms with E-state index in [0.717, 1.165) is 0 Å². The van der Waals surface area contributed by atoms with Crippen molar-refractivity contribution in [3.8, 4) is 0 Å². The van der Waals surface area contributed by atoms with Gasteiger partial charge in [0.1, 0.15) is 12.6 Å². The van der Waals surface area contributed by atoms with Gasteiger partial charge in [-0.3, -0.25) is 9.59 Å². The number of hydrogen-bond acceptors (Lipinski definition) is 3. The molecule has 0 radical (unpaired) electrons. The average Bonchev–Trinajstić information content (AvgIpc) is 2.47. The first kappa shape index (κ1) is 15.2. The highest BCUT2D eigenvalue weighted by Crippen LogP contribution is 2.38. The monoisotopic (exact) mass is 273 g/mol. The maximum Gasteiger partial charge on any atom is 0.323 e. The smallest absolute Gasteiger partial charge is 0.323 e. The molecule has 1 aliphatic rings. The van der Waals surface area contributed by atoms with Crippen molar-refractivity contribution in [2.75, 3.05) is 13.1 Å². The van der Waals surface area contributed by atoms with E-state index < -0.39 is 20.4 Å². The van der Waals surface area contributed by atoms with Gasteiger partial charge in [0.25, 0.3) is 5.91 Å². The van der Waals surface area contributed by atoms with Crippen LogP contribution in [-0.4, -0.2) is 49.4 Å². The highest BCUT2D eigenvalue weighted by atomic mass is 28.4. The summed E-state index contributed by atoms with van der Waals surface area (Å²) in [6.45, 7) is 10.8. The quantitative estimate of drug-likeness (QED) is 0.792. The van der Waals surface area contributed by atoms with Gasteiger partial charge in [0.2, 0.25) is 0 Å². The summed E-state index contributed by atoms with van der Waals surface area (Å²) < 4.78 is 6.04. The molecule has 0 bridgehead atoms. The lowest BCUT2D eigenvalue weighted by molar-refractivity contribution is -0.144. The van der Waals surface area contributed by atoms with Gasteiger partial charge in [0.05, 0.1) is 0 Å². The maximum atomic E-state index is 12.0. The Labute approximate surface area is 109 Å². The molecule has 1 unspecified atom stereocenters. The highest BCUT2D eigenvalue weighted by molar-refractivity contribution is 6.74. The Morgan fingerprint density at radius 1 is 1.50 bits per heavy atom. The van der Waals surface area contributed by atoms with Crippen molar-refractivity contribution in [3.05, 3.63) is 0 Å². The van der Waals surface area contributed by atoms with Gasteiger partial charge in [0, 0.05) is 6.54 Å². The van der Waals surface area contributed by atoms with Crippen LogP contribution in [0.25, 0.3) is 0 Å². The Balaban J connectivity index is 2.66. The molecule has 104 valence electrons. The predicted octanol–water partition coefficient (Wildman–Crippen LogP) is 1.69. The van der Waals surface area contributed by atoms with Gasteiger partial charge in [0.15, 0.2) is 8.32 Å². The van der Waals surface area contributed by atoms with Crippen LogP contribution in [0, 0.1) is 0 Å². The minimum Gasteiger partial charge on any atom is -0.480 e. The summed E-state index contributed by atoms with van der Waals surface area (Å²) in [7, 11) is -1.98. The second kappa shape index (κ2) is 5.01. The molecule has 1 saturated heterocycles. The number of carboxylic acids is 1. The molecule has 1 amide bonds. The van der Waals surface area contributed by atoms with Crippen LogP contribution in [0.3, 0.4) is 0 Å². The molecule has 1 heterocycles. The second-order valence-corrected chi connectivity index (χ2v) is 11.1. The topological polar surface area (TPSA) is 66.8 Å². The minimum atomic E-state index is -1.98. The first-order valence-electron chi connectivity index (χ1n) is 6.23. The summed E-state index contributed by atoms with van der Waals surface area (Å²) in [6.07, 6.45) is 0.142. The van der Waals surface area contributed by atoms with E-state index in [2.05, 4.69) is 33.9 Å². The summed E-state index contributed by atoms with van der Waals surface area (Å²) in [5.41, 5.74) is 0. The molecule has 0 spiro atoms. The molecule has 1 aliphatic heterocycles. The van der Waals surface area contributed by atoms with Gasteiger partial charge in [-0.15, -0.1) is 0 Å². The Morgan fingerprint density at radius 3 is 2.50 bits per heavy atom. The van der Waals surface area contributed by atoms with E-state index in [1.165, 1.54) is 4.90 Å². The van der Waals surface area contributed by atoms with Gasteiger partial charge in [-0.2, -0.15) is 0 Å². The van der Waals surface area contributed by atoms with Crippen molar-refractivity contribution in [1.29, 1.82) is 0 Å². The molecular formula is C12H23NO4Si. The normalized spacial score (nSPS) is 21.5. The molecule has 0 aliphatic carbocycles. The number of nitrogens with zero attached hydrogens (tertiary/aromatic N) is 1. The van der Waals surface area contributed by atoms with E-state index in [9.17, 15) is 9.59 Å². The second-order valence-electron chi connectivity index (χ2n) is 6.31. The van der Waals surface area contributed by atoms with Crippen LogP contribution in [0.2, 0.25) is 18.1 Å². The third kappa shape index (κ3) is 3.32. The van der Waals surface area contributed by atoms with Crippen molar-refractivity contribution in [2.45, 2.75) is 51.4 Å². The van der Waals surface area contributed by atoms with Gasteiger partial charge >= 0.3 is 5.97 Å². The Bertz CT molecular complexity index is 348. The van der Waals surface area contributed by atoms with E-state index in [-0.39, 0.29) is 17.5 Å². The van der Waals surface area contributed by atoms with Gasteiger partial charge < -0.3 is 14.4 Å². The van der Waals surface area contributed by atoms with Gasteiger partial charge in [-0.05, 0) is 24.6 Å². The molecule has 1 N–H and O–H groups in total. The number of carbonyl (C=O) groups excluding carboxylic acids is 1. The first-order valence-corrected chi connectivity index (χ1v) is 9.14. The lowest BCUT2D eigenvalue weighted by Gasteiger charge is -2.37. The maximum absolute atomic E-state index is 12.0. The molecule has 0 aromatic heterocycles. The van der Waals surface area contributed by atoms with Gasteiger partial charge in [-0.1, -0.05) is 20.8 Å². The molecule has 6 heteroatoms. The fraction of sp³-hybridized carbons (Fsp3) is 0.833. The van der Waals surface area contributed by atoms with E-state index in [0.29, 0.717) is 13.0 Å². The largest absolute Gasteiger partial charge is 0.480 e. The number of carbonyl (C=O) groups is 2. The fourth-order valence-electron chi connectivity index (χ4n) is 1.67. The highest BCUT2D eigenvalue weighted by Gasteiger charge is 2.43. The predicted molar refractivity (Wildman–Crippen MR) is 70.9 cm³/mol. The van der Waals surface area contributed by atoms with E-state index >= 15 is 0 Å². The molecular weight excluding hydrogens is 250 g/mol. The zero-order valence-electron chi connectivity index (χ0n) is 11.8. The van der Waals surface area contributed by atoms with E-state index in [1.807, 2.05) is 0 Å². The van der Waals surface area contributed by atoms with Crippen LogP contribution < -0.4 is 0 Å². The van der Waals surface area contributed by atoms with E-state index in [4.69, 9.17) is 9.53 Å². The number of rotatable bonds is 4. The van der Waals surface area contributed by atoms with Gasteiger partial charge in [-0.25, -0.2) is 0 Å². The number of likely N-dealkylation sites (tertiary alicyclic amines) is 1. The molecule has 0 aromatic carbocycles. The summed E-state index contributed by atoms with van der Waals surface area (Å²) in [4.78, 5) is 24.0. The van der Waals surface area contributed by atoms with Crippen LogP contribution in [0.15, 0.2) is 0 Å². The molecule has 18 heavy (non-hydrogen) atoms. The zero-order chi connectivity index (χ0) is 14.1. The summed E-state index contributed by atoms with van der Waals surface area (Å²) in [5, 5.41) is 8.76. The van der Waals surface area contributed by atoms with Crippen LogP contribution in [-0.2, 0) is 14.0 Å². The first-order chi connectivity index (χ1) is 8.04. The van der Waals surface area contributed by atoms with Crippen molar-refractivity contribution in [2.24, 2.45) is 0 Å².